The van der Waals surface area contributed by atoms with Crippen molar-refractivity contribution in [1.29, 1.82) is 0 Å². The van der Waals surface area contributed by atoms with Crippen LogP contribution in [0.2, 0.25) is 0 Å². The van der Waals surface area contributed by atoms with Crippen LogP contribution < -0.4 is 19.5 Å². The molecule has 0 aliphatic carbocycles. The SMILES string of the molecule is COc1cccc(NC(=O)CSc2nnc(-c3ccc(OC)c(OC)c3)n2C)c1. The molecule has 0 fully saturated rings. The topological polar surface area (TPSA) is 87.5 Å². The lowest BCUT2D eigenvalue weighted by Crippen LogP contribution is -2.14. The van der Waals surface area contributed by atoms with Gasteiger partial charge in [-0.05, 0) is 30.3 Å². The first kappa shape index (κ1) is 20.5. The number of nitrogens with zero attached hydrogens (tertiary/aromatic N) is 3. The summed E-state index contributed by atoms with van der Waals surface area (Å²) in [4.78, 5) is 12.3. The number of hydrogen-bond donors (Lipinski definition) is 1. The van der Waals surface area contributed by atoms with E-state index in [-0.39, 0.29) is 11.7 Å². The highest BCUT2D eigenvalue weighted by atomic mass is 32.2. The van der Waals surface area contributed by atoms with Crippen LogP contribution in [0.4, 0.5) is 5.69 Å². The Balaban J connectivity index is 1.67. The van der Waals surface area contributed by atoms with Crippen molar-refractivity contribution in [3.63, 3.8) is 0 Å². The monoisotopic (exact) mass is 414 g/mol. The quantitative estimate of drug-likeness (QED) is 0.566. The van der Waals surface area contributed by atoms with Gasteiger partial charge in [0.25, 0.3) is 0 Å². The van der Waals surface area contributed by atoms with Crippen LogP contribution in [-0.4, -0.2) is 47.8 Å². The Hall–Kier alpha value is -3.20. The molecule has 8 nitrogen and oxygen atoms in total. The van der Waals surface area contributed by atoms with Gasteiger partial charge < -0.3 is 24.1 Å². The largest absolute Gasteiger partial charge is 0.497 e. The minimum atomic E-state index is -0.140. The van der Waals surface area contributed by atoms with Gasteiger partial charge in [0.2, 0.25) is 5.91 Å². The van der Waals surface area contributed by atoms with Crippen molar-refractivity contribution >= 4 is 23.4 Å². The lowest BCUT2D eigenvalue weighted by atomic mass is 10.2. The molecule has 0 atom stereocenters. The van der Waals surface area contributed by atoms with Gasteiger partial charge in [0, 0.05) is 24.4 Å². The highest BCUT2D eigenvalue weighted by Gasteiger charge is 2.15. The van der Waals surface area contributed by atoms with Crippen molar-refractivity contribution in [3.8, 4) is 28.6 Å². The van der Waals surface area contributed by atoms with Crippen LogP contribution in [0.1, 0.15) is 0 Å². The van der Waals surface area contributed by atoms with Gasteiger partial charge in [-0.1, -0.05) is 17.8 Å². The Morgan fingerprint density at radius 3 is 2.55 bits per heavy atom. The fourth-order valence-electron chi connectivity index (χ4n) is 2.70. The molecule has 1 heterocycles. The van der Waals surface area contributed by atoms with Crippen molar-refractivity contribution in [2.75, 3.05) is 32.4 Å². The van der Waals surface area contributed by atoms with Crippen molar-refractivity contribution < 1.29 is 19.0 Å². The molecule has 0 aliphatic rings. The second-order valence-corrected chi connectivity index (χ2v) is 6.95. The molecular weight excluding hydrogens is 392 g/mol. The Morgan fingerprint density at radius 1 is 1.03 bits per heavy atom. The molecule has 1 N–H and O–H groups in total. The molecule has 29 heavy (non-hydrogen) atoms. The maximum atomic E-state index is 12.3. The average Bonchev–Trinajstić information content (AvgIpc) is 3.12. The molecule has 3 rings (SSSR count). The fourth-order valence-corrected chi connectivity index (χ4v) is 3.41. The summed E-state index contributed by atoms with van der Waals surface area (Å²) in [5, 5.41) is 11.9. The number of hydrogen-bond acceptors (Lipinski definition) is 7. The minimum absolute atomic E-state index is 0.140. The van der Waals surface area contributed by atoms with E-state index in [0.29, 0.717) is 33.9 Å². The number of anilines is 1. The molecule has 0 saturated carbocycles. The van der Waals surface area contributed by atoms with Gasteiger partial charge in [-0.15, -0.1) is 10.2 Å². The zero-order chi connectivity index (χ0) is 20.8. The van der Waals surface area contributed by atoms with E-state index in [1.54, 1.807) is 27.4 Å². The number of carbonyl (C=O) groups is 1. The molecule has 1 aromatic heterocycles. The van der Waals surface area contributed by atoms with Gasteiger partial charge >= 0.3 is 0 Å². The van der Waals surface area contributed by atoms with Crippen LogP contribution in [-0.2, 0) is 11.8 Å². The first-order valence-corrected chi connectivity index (χ1v) is 9.72. The first-order valence-electron chi connectivity index (χ1n) is 8.74. The van der Waals surface area contributed by atoms with Crippen molar-refractivity contribution in [2.24, 2.45) is 7.05 Å². The molecule has 0 aliphatic heterocycles. The van der Waals surface area contributed by atoms with Crippen LogP contribution in [0.25, 0.3) is 11.4 Å². The molecule has 0 radical (unpaired) electrons. The number of nitrogens with one attached hydrogen (secondary N) is 1. The number of carbonyl (C=O) groups excluding carboxylic acids is 1. The third kappa shape index (κ3) is 4.80. The van der Waals surface area contributed by atoms with Gasteiger partial charge in [0.1, 0.15) is 5.75 Å². The van der Waals surface area contributed by atoms with E-state index < -0.39 is 0 Å². The van der Waals surface area contributed by atoms with Crippen LogP contribution >= 0.6 is 11.8 Å². The summed E-state index contributed by atoms with van der Waals surface area (Å²) in [6.07, 6.45) is 0. The van der Waals surface area contributed by atoms with E-state index in [2.05, 4.69) is 15.5 Å². The minimum Gasteiger partial charge on any atom is -0.497 e. The van der Waals surface area contributed by atoms with Crippen LogP contribution in [0.5, 0.6) is 17.2 Å². The number of rotatable bonds is 8. The molecule has 152 valence electrons. The Morgan fingerprint density at radius 2 is 1.83 bits per heavy atom. The summed E-state index contributed by atoms with van der Waals surface area (Å²) in [6.45, 7) is 0. The summed E-state index contributed by atoms with van der Waals surface area (Å²) < 4.78 is 17.6. The lowest BCUT2D eigenvalue weighted by molar-refractivity contribution is -0.113. The zero-order valence-corrected chi connectivity index (χ0v) is 17.4. The van der Waals surface area contributed by atoms with Crippen molar-refractivity contribution in [3.05, 3.63) is 42.5 Å². The van der Waals surface area contributed by atoms with Crippen LogP contribution in [0.15, 0.2) is 47.6 Å². The van der Waals surface area contributed by atoms with E-state index in [1.165, 1.54) is 11.8 Å². The zero-order valence-electron chi connectivity index (χ0n) is 16.6. The summed E-state index contributed by atoms with van der Waals surface area (Å²) in [5.41, 5.74) is 1.52. The molecule has 1 amide bonds. The Kier molecular flexibility index (Phi) is 6.61. The van der Waals surface area contributed by atoms with E-state index in [1.807, 2.05) is 48.0 Å². The number of methoxy groups -OCH3 is 3. The first-order chi connectivity index (χ1) is 14.0. The lowest BCUT2D eigenvalue weighted by Gasteiger charge is -2.09. The number of thioether (sulfide) groups is 1. The molecule has 0 spiro atoms. The summed E-state index contributed by atoms with van der Waals surface area (Å²) in [5.74, 6) is 2.67. The molecule has 0 unspecified atom stereocenters. The number of benzene rings is 2. The van der Waals surface area contributed by atoms with Gasteiger partial charge in [0.15, 0.2) is 22.5 Å². The maximum Gasteiger partial charge on any atom is 0.234 e. The maximum absolute atomic E-state index is 12.3. The van der Waals surface area contributed by atoms with Crippen molar-refractivity contribution in [1.82, 2.24) is 14.8 Å². The van der Waals surface area contributed by atoms with Gasteiger partial charge in [-0.2, -0.15) is 0 Å². The highest BCUT2D eigenvalue weighted by molar-refractivity contribution is 7.99. The second-order valence-electron chi connectivity index (χ2n) is 6.00. The highest BCUT2D eigenvalue weighted by Crippen LogP contribution is 2.32. The molecule has 0 bridgehead atoms. The van der Waals surface area contributed by atoms with E-state index in [4.69, 9.17) is 14.2 Å². The smallest absolute Gasteiger partial charge is 0.234 e. The predicted molar refractivity (Wildman–Crippen MR) is 112 cm³/mol. The predicted octanol–water partition coefficient (Wildman–Crippen LogP) is 3.24. The number of aromatic nitrogens is 3. The van der Waals surface area contributed by atoms with Gasteiger partial charge in [-0.25, -0.2) is 0 Å². The number of ether oxygens (including phenoxy) is 3. The third-order valence-electron chi connectivity index (χ3n) is 4.16. The Labute approximate surface area is 173 Å². The van der Waals surface area contributed by atoms with Gasteiger partial charge in [-0.3, -0.25) is 4.79 Å². The van der Waals surface area contributed by atoms with Gasteiger partial charge in [0.05, 0.1) is 27.1 Å². The summed E-state index contributed by atoms with van der Waals surface area (Å²) in [6, 6.07) is 12.8. The average molecular weight is 414 g/mol. The fraction of sp³-hybridized carbons (Fsp3) is 0.250. The molecule has 0 saturated heterocycles. The summed E-state index contributed by atoms with van der Waals surface area (Å²) in [7, 11) is 6.61. The second kappa shape index (κ2) is 9.33. The van der Waals surface area contributed by atoms with E-state index in [0.717, 1.165) is 5.56 Å². The third-order valence-corrected chi connectivity index (χ3v) is 5.18. The molecule has 3 aromatic rings. The molecular formula is C20H22N4O4S. The standard InChI is InChI=1S/C20H22N4O4S/c1-24-19(13-8-9-16(27-3)17(10-13)28-4)22-23-20(24)29-12-18(25)21-14-6-5-7-15(11-14)26-2/h5-11H,12H2,1-4H3,(H,21,25). The van der Waals surface area contributed by atoms with Crippen molar-refractivity contribution in [2.45, 2.75) is 5.16 Å². The summed E-state index contributed by atoms with van der Waals surface area (Å²) >= 11 is 1.31. The normalized spacial score (nSPS) is 10.5. The van der Waals surface area contributed by atoms with E-state index in [9.17, 15) is 4.79 Å². The number of amides is 1. The van der Waals surface area contributed by atoms with Crippen LogP contribution in [0, 0.1) is 0 Å². The molecule has 9 heteroatoms. The molecule has 2 aromatic carbocycles. The van der Waals surface area contributed by atoms with Crippen LogP contribution in [0.3, 0.4) is 0 Å². The van der Waals surface area contributed by atoms with E-state index >= 15 is 0 Å². The Bertz CT molecular complexity index is 1010.